The van der Waals surface area contributed by atoms with Gasteiger partial charge in [0.05, 0.1) is 12.1 Å². The molecule has 1 unspecified atom stereocenters. The molecule has 1 saturated heterocycles. The van der Waals surface area contributed by atoms with Crippen LogP contribution in [-0.2, 0) is 14.3 Å². The summed E-state index contributed by atoms with van der Waals surface area (Å²) < 4.78 is 5.04. The van der Waals surface area contributed by atoms with E-state index in [2.05, 4.69) is 5.32 Å². The Morgan fingerprint density at radius 3 is 2.72 bits per heavy atom. The number of amides is 1. The van der Waals surface area contributed by atoms with Crippen molar-refractivity contribution in [2.45, 2.75) is 32.4 Å². The molecule has 0 radical (unpaired) electrons. The number of nitrogens with zero attached hydrogens (tertiary/aromatic N) is 1. The predicted octanol–water partition coefficient (Wildman–Crippen LogP) is 0.491. The van der Waals surface area contributed by atoms with Crippen molar-refractivity contribution in [2.75, 3.05) is 31.7 Å². The van der Waals surface area contributed by atoms with Gasteiger partial charge in [-0.15, -0.1) is 0 Å². The maximum absolute atomic E-state index is 12.4. The Morgan fingerprint density at radius 2 is 2.17 bits per heavy atom. The van der Waals surface area contributed by atoms with Gasteiger partial charge in [-0.2, -0.15) is 11.8 Å². The number of hydrogen-bond acceptors (Lipinski definition) is 5. The molecule has 0 aromatic heterocycles. The van der Waals surface area contributed by atoms with Crippen molar-refractivity contribution in [1.29, 1.82) is 0 Å². The standard InChI is InChI=1S/C12H22N2O3S/c1-5-17-10(15)9-8-18-7-6-14(9)11(16)12(2,3)13-4/h9,13H,5-8H2,1-4H3. The van der Waals surface area contributed by atoms with Crippen LogP contribution in [0.3, 0.4) is 0 Å². The van der Waals surface area contributed by atoms with E-state index in [-0.39, 0.29) is 11.9 Å². The molecule has 1 aliphatic heterocycles. The van der Waals surface area contributed by atoms with E-state index in [1.807, 2.05) is 13.8 Å². The zero-order chi connectivity index (χ0) is 13.8. The average molecular weight is 274 g/mol. The Labute approximate surface area is 113 Å². The molecule has 1 N–H and O–H groups in total. The molecule has 5 nitrogen and oxygen atoms in total. The number of carbonyl (C=O) groups excluding carboxylic acids is 2. The van der Waals surface area contributed by atoms with E-state index in [0.29, 0.717) is 18.9 Å². The Morgan fingerprint density at radius 1 is 1.50 bits per heavy atom. The fourth-order valence-corrected chi connectivity index (χ4v) is 2.78. The van der Waals surface area contributed by atoms with Crippen LogP contribution in [-0.4, -0.2) is 60.1 Å². The minimum Gasteiger partial charge on any atom is -0.464 e. The molecule has 104 valence electrons. The Bertz CT molecular complexity index is 320. The third kappa shape index (κ3) is 3.38. The molecule has 1 aliphatic rings. The van der Waals surface area contributed by atoms with Gasteiger partial charge >= 0.3 is 5.97 Å². The van der Waals surface area contributed by atoms with E-state index in [9.17, 15) is 9.59 Å². The molecule has 6 heteroatoms. The number of carbonyl (C=O) groups is 2. The van der Waals surface area contributed by atoms with Crippen molar-refractivity contribution < 1.29 is 14.3 Å². The number of nitrogens with one attached hydrogen (secondary N) is 1. The van der Waals surface area contributed by atoms with Gasteiger partial charge < -0.3 is 15.0 Å². The highest BCUT2D eigenvalue weighted by Gasteiger charge is 2.39. The zero-order valence-corrected chi connectivity index (χ0v) is 12.3. The predicted molar refractivity (Wildman–Crippen MR) is 72.6 cm³/mol. The largest absolute Gasteiger partial charge is 0.464 e. The number of thioether (sulfide) groups is 1. The lowest BCUT2D eigenvalue weighted by atomic mass is 10.0. The fraction of sp³-hybridized carbons (Fsp3) is 0.833. The van der Waals surface area contributed by atoms with Gasteiger partial charge in [0.1, 0.15) is 6.04 Å². The van der Waals surface area contributed by atoms with Crippen molar-refractivity contribution >= 4 is 23.6 Å². The maximum atomic E-state index is 12.4. The summed E-state index contributed by atoms with van der Waals surface area (Å²) >= 11 is 1.68. The van der Waals surface area contributed by atoms with E-state index in [4.69, 9.17) is 4.74 Å². The monoisotopic (exact) mass is 274 g/mol. The summed E-state index contributed by atoms with van der Waals surface area (Å²) in [4.78, 5) is 25.9. The molecule has 0 aliphatic carbocycles. The molecular formula is C12H22N2O3S. The highest BCUT2D eigenvalue weighted by molar-refractivity contribution is 7.99. The molecular weight excluding hydrogens is 252 g/mol. The van der Waals surface area contributed by atoms with E-state index in [1.165, 1.54) is 0 Å². The van der Waals surface area contributed by atoms with Crippen LogP contribution in [0.1, 0.15) is 20.8 Å². The lowest BCUT2D eigenvalue weighted by molar-refractivity contribution is -0.155. The molecule has 0 aromatic carbocycles. The van der Waals surface area contributed by atoms with Crippen LogP contribution in [0.5, 0.6) is 0 Å². The molecule has 0 spiro atoms. The molecule has 1 amide bonds. The van der Waals surface area contributed by atoms with E-state index in [1.54, 1.807) is 30.6 Å². The minimum absolute atomic E-state index is 0.0525. The van der Waals surface area contributed by atoms with Crippen LogP contribution in [0.2, 0.25) is 0 Å². The number of ether oxygens (including phenoxy) is 1. The normalized spacial score (nSPS) is 20.7. The second kappa shape index (κ2) is 6.43. The van der Waals surface area contributed by atoms with Gasteiger partial charge in [-0.1, -0.05) is 0 Å². The topological polar surface area (TPSA) is 58.6 Å². The van der Waals surface area contributed by atoms with E-state index >= 15 is 0 Å². The quantitative estimate of drug-likeness (QED) is 0.756. The summed E-state index contributed by atoms with van der Waals surface area (Å²) in [5.41, 5.74) is -0.660. The third-order valence-corrected chi connectivity index (χ3v) is 4.13. The van der Waals surface area contributed by atoms with Gasteiger partial charge in [0.2, 0.25) is 5.91 Å². The van der Waals surface area contributed by atoms with E-state index < -0.39 is 11.6 Å². The molecule has 0 aromatic rings. The van der Waals surface area contributed by atoms with Crippen LogP contribution in [0.25, 0.3) is 0 Å². The second-order valence-corrected chi connectivity index (χ2v) is 5.87. The average Bonchev–Trinajstić information content (AvgIpc) is 2.38. The van der Waals surface area contributed by atoms with Gasteiger partial charge in [0, 0.05) is 18.1 Å². The Hall–Kier alpha value is -0.750. The summed E-state index contributed by atoms with van der Waals surface area (Å²) in [6.07, 6.45) is 0. The zero-order valence-electron chi connectivity index (χ0n) is 11.5. The molecule has 1 rings (SSSR count). The van der Waals surface area contributed by atoms with Crippen LogP contribution in [0.4, 0.5) is 0 Å². The van der Waals surface area contributed by atoms with Crippen molar-refractivity contribution in [3.05, 3.63) is 0 Å². The van der Waals surface area contributed by atoms with Gasteiger partial charge in [0.25, 0.3) is 0 Å². The molecule has 18 heavy (non-hydrogen) atoms. The second-order valence-electron chi connectivity index (χ2n) is 4.72. The van der Waals surface area contributed by atoms with Crippen molar-refractivity contribution in [2.24, 2.45) is 0 Å². The van der Waals surface area contributed by atoms with Crippen molar-refractivity contribution in [1.82, 2.24) is 10.2 Å². The number of rotatable bonds is 4. The third-order valence-electron chi connectivity index (χ3n) is 3.11. The van der Waals surface area contributed by atoms with Crippen LogP contribution >= 0.6 is 11.8 Å². The molecule has 1 heterocycles. The minimum atomic E-state index is -0.660. The summed E-state index contributed by atoms with van der Waals surface area (Å²) in [6, 6.07) is -0.455. The highest BCUT2D eigenvalue weighted by Crippen LogP contribution is 2.21. The van der Waals surface area contributed by atoms with Crippen molar-refractivity contribution in [3.8, 4) is 0 Å². The highest BCUT2D eigenvalue weighted by atomic mass is 32.2. The summed E-state index contributed by atoms with van der Waals surface area (Å²) in [5, 5.41) is 2.98. The number of likely N-dealkylation sites (N-methyl/N-ethyl adjacent to an activating group) is 1. The molecule has 1 atom stereocenters. The number of hydrogen-bond donors (Lipinski definition) is 1. The number of esters is 1. The first-order valence-electron chi connectivity index (χ1n) is 6.18. The van der Waals surface area contributed by atoms with Crippen LogP contribution in [0.15, 0.2) is 0 Å². The summed E-state index contributed by atoms with van der Waals surface area (Å²) in [6.45, 7) is 6.35. The smallest absolute Gasteiger partial charge is 0.329 e. The summed E-state index contributed by atoms with van der Waals surface area (Å²) in [5.74, 6) is 1.12. The van der Waals surface area contributed by atoms with Gasteiger partial charge in [0.15, 0.2) is 0 Å². The molecule has 0 saturated carbocycles. The first-order chi connectivity index (χ1) is 8.44. The lowest BCUT2D eigenvalue weighted by Gasteiger charge is -2.38. The summed E-state index contributed by atoms with van der Waals surface area (Å²) in [7, 11) is 1.75. The molecule has 1 fully saturated rings. The maximum Gasteiger partial charge on any atom is 0.329 e. The van der Waals surface area contributed by atoms with Gasteiger partial charge in [-0.25, -0.2) is 4.79 Å². The lowest BCUT2D eigenvalue weighted by Crippen LogP contribution is -2.60. The van der Waals surface area contributed by atoms with E-state index in [0.717, 1.165) is 5.75 Å². The van der Waals surface area contributed by atoms with Gasteiger partial charge in [-0.3, -0.25) is 4.79 Å². The fourth-order valence-electron chi connectivity index (χ4n) is 1.75. The van der Waals surface area contributed by atoms with Gasteiger partial charge in [-0.05, 0) is 27.8 Å². The first kappa shape index (κ1) is 15.3. The molecule has 0 bridgehead atoms. The van der Waals surface area contributed by atoms with Crippen LogP contribution < -0.4 is 5.32 Å². The van der Waals surface area contributed by atoms with Crippen LogP contribution in [0, 0.1) is 0 Å². The van der Waals surface area contributed by atoms with Crippen molar-refractivity contribution in [3.63, 3.8) is 0 Å². The Kier molecular flexibility index (Phi) is 5.47. The first-order valence-corrected chi connectivity index (χ1v) is 7.34. The Balaban J connectivity index is 2.82. The SMILES string of the molecule is CCOC(=O)C1CSCCN1C(=O)C(C)(C)NC.